The summed E-state index contributed by atoms with van der Waals surface area (Å²) in [6.07, 6.45) is 2.75. The topological polar surface area (TPSA) is 88.2 Å². The van der Waals surface area contributed by atoms with Gasteiger partial charge in [-0.15, -0.1) is 0 Å². The van der Waals surface area contributed by atoms with Crippen LogP contribution in [0.2, 0.25) is 0 Å². The lowest BCUT2D eigenvalue weighted by Gasteiger charge is -2.28. The molecule has 168 valence electrons. The molecule has 0 bridgehead atoms. The van der Waals surface area contributed by atoms with Crippen molar-refractivity contribution in [3.8, 4) is 0 Å². The van der Waals surface area contributed by atoms with Crippen LogP contribution < -0.4 is 15.1 Å². The average molecular weight is 476 g/mol. The molecule has 32 heavy (non-hydrogen) atoms. The second kappa shape index (κ2) is 9.40. The number of halogens is 1. The van der Waals surface area contributed by atoms with Crippen LogP contribution in [0, 0.1) is 6.92 Å². The van der Waals surface area contributed by atoms with Crippen LogP contribution in [0.1, 0.15) is 12.0 Å². The SMILES string of the molecule is Cc1cc(N2CC(CNC(=O)C3=CC(Cl)=CCC3=S)OC2=O)ccc1N1CCOCC1=O. The van der Waals surface area contributed by atoms with Gasteiger partial charge in [0.25, 0.3) is 11.8 Å². The van der Waals surface area contributed by atoms with Crippen molar-refractivity contribution in [3.63, 3.8) is 0 Å². The number of carbonyl (C=O) groups excluding carboxylic acids is 3. The molecule has 8 nitrogen and oxygen atoms in total. The van der Waals surface area contributed by atoms with Crippen molar-refractivity contribution in [2.24, 2.45) is 0 Å². The van der Waals surface area contributed by atoms with Crippen LogP contribution in [-0.4, -0.2) is 61.7 Å². The number of hydrogen-bond donors (Lipinski definition) is 1. The first-order valence-electron chi connectivity index (χ1n) is 10.2. The van der Waals surface area contributed by atoms with Crippen molar-refractivity contribution in [1.82, 2.24) is 5.32 Å². The van der Waals surface area contributed by atoms with Crippen molar-refractivity contribution in [1.29, 1.82) is 0 Å². The first-order chi connectivity index (χ1) is 15.3. The first-order valence-corrected chi connectivity index (χ1v) is 11.0. The summed E-state index contributed by atoms with van der Waals surface area (Å²) in [6, 6.07) is 5.46. The zero-order valence-electron chi connectivity index (χ0n) is 17.4. The van der Waals surface area contributed by atoms with Crippen molar-refractivity contribution in [2.45, 2.75) is 19.4 Å². The van der Waals surface area contributed by atoms with E-state index in [1.54, 1.807) is 23.1 Å². The molecular formula is C22H22ClN3O5S. The van der Waals surface area contributed by atoms with E-state index >= 15 is 0 Å². The molecule has 0 aromatic heterocycles. The Morgan fingerprint density at radius 1 is 1.31 bits per heavy atom. The number of anilines is 2. The van der Waals surface area contributed by atoms with Gasteiger partial charge >= 0.3 is 6.09 Å². The van der Waals surface area contributed by atoms with Crippen LogP contribution in [0.15, 0.2) is 41.0 Å². The number of morpholine rings is 1. The van der Waals surface area contributed by atoms with Gasteiger partial charge in [0.1, 0.15) is 12.7 Å². The predicted molar refractivity (Wildman–Crippen MR) is 124 cm³/mol. The number of thiocarbonyl (C=S) groups is 1. The number of cyclic esters (lactones) is 1. The summed E-state index contributed by atoms with van der Waals surface area (Å²) in [7, 11) is 0. The Bertz CT molecular complexity index is 1050. The number of ether oxygens (including phenoxy) is 2. The highest BCUT2D eigenvalue weighted by Crippen LogP contribution is 2.29. The van der Waals surface area contributed by atoms with Gasteiger partial charge in [-0.1, -0.05) is 29.9 Å². The van der Waals surface area contributed by atoms with E-state index in [9.17, 15) is 14.4 Å². The number of amides is 3. The van der Waals surface area contributed by atoms with E-state index in [0.29, 0.717) is 47.3 Å². The van der Waals surface area contributed by atoms with Crippen LogP contribution in [0.4, 0.5) is 16.2 Å². The Kier molecular flexibility index (Phi) is 6.59. The van der Waals surface area contributed by atoms with Gasteiger partial charge in [-0.3, -0.25) is 14.5 Å². The minimum Gasteiger partial charge on any atom is -0.442 e. The van der Waals surface area contributed by atoms with Gasteiger partial charge in [0.15, 0.2) is 0 Å². The molecule has 1 aliphatic carbocycles. The molecule has 0 saturated carbocycles. The monoisotopic (exact) mass is 475 g/mol. The van der Waals surface area contributed by atoms with Gasteiger partial charge in [0.2, 0.25) is 0 Å². The highest BCUT2D eigenvalue weighted by Gasteiger charge is 2.33. The van der Waals surface area contributed by atoms with E-state index < -0.39 is 12.2 Å². The second-order valence-corrected chi connectivity index (χ2v) is 8.60. The van der Waals surface area contributed by atoms with Gasteiger partial charge in [-0.25, -0.2) is 4.79 Å². The Labute approximate surface area is 195 Å². The number of nitrogens with one attached hydrogen (secondary N) is 1. The van der Waals surface area contributed by atoms with E-state index in [-0.39, 0.29) is 25.0 Å². The maximum absolute atomic E-state index is 12.5. The largest absolute Gasteiger partial charge is 0.442 e. The smallest absolute Gasteiger partial charge is 0.414 e. The summed E-state index contributed by atoms with van der Waals surface area (Å²) in [4.78, 5) is 40.7. The maximum Gasteiger partial charge on any atom is 0.414 e. The number of nitrogens with zero attached hydrogens (tertiary/aromatic N) is 2. The lowest BCUT2D eigenvalue weighted by atomic mass is 10.0. The molecule has 4 rings (SSSR count). The quantitative estimate of drug-likeness (QED) is 0.659. The standard InChI is InChI=1S/C22H22ClN3O5S/c1-13-8-15(3-4-18(13)25-6-7-30-12-20(25)27)26-11-16(31-22(26)29)10-24-21(28)17-9-14(23)2-5-19(17)32/h2-4,8-9,16H,5-7,10-12H2,1H3,(H,24,28). The molecular weight excluding hydrogens is 454 g/mol. The summed E-state index contributed by atoms with van der Waals surface area (Å²) >= 11 is 11.2. The van der Waals surface area contributed by atoms with Crippen LogP contribution in [0.3, 0.4) is 0 Å². The number of benzene rings is 1. The fourth-order valence-electron chi connectivity index (χ4n) is 3.79. The van der Waals surface area contributed by atoms with E-state index in [0.717, 1.165) is 11.3 Å². The third-order valence-electron chi connectivity index (χ3n) is 5.44. The van der Waals surface area contributed by atoms with Crippen molar-refractivity contribution in [2.75, 3.05) is 42.6 Å². The molecule has 1 aromatic carbocycles. The van der Waals surface area contributed by atoms with E-state index in [1.165, 1.54) is 4.90 Å². The lowest BCUT2D eigenvalue weighted by molar-refractivity contribution is -0.125. The van der Waals surface area contributed by atoms with E-state index in [4.69, 9.17) is 33.3 Å². The molecule has 3 aliphatic rings. The molecule has 2 fully saturated rings. The Hall–Kier alpha value is -2.75. The summed E-state index contributed by atoms with van der Waals surface area (Å²) in [6.45, 7) is 3.38. The van der Waals surface area contributed by atoms with Crippen molar-refractivity contribution in [3.05, 3.63) is 46.5 Å². The maximum atomic E-state index is 12.5. The van der Waals surface area contributed by atoms with E-state index in [2.05, 4.69) is 5.32 Å². The summed E-state index contributed by atoms with van der Waals surface area (Å²) in [5, 5.41) is 3.24. The third-order valence-corrected chi connectivity index (χ3v) is 6.09. The first kappa shape index (κ1) is 22.4. The molecule has 1 N–H and O–H groups in total. The molecule has 2 saturated heterocycles. The van der Waals surface area contributed by atoms with Crippen LogP contribution in [0.25, 0.3) is 0 Å². The average Bonchev–Trinajstić information content (AvgIpc) is 3.15. The van der Waals surface area contributed by atoms with Gasteiger partial charge in [-0.2, -0.15) is 0 Å². The third kappa shape index (κ3) is 4.69. The number of aryl methyl sites for hydroxylation is 1. The van der Waals surface area contributed by atoms with Gasteiger partial charge < -0.3 is 19.7 Å². The minimum absolute atomic E-state index is 0.0666. The number of rotatable bonds is 5. The highest BCUT2D eigenvalue weighted by atomic mass is 35.5. The molecule has 1 unspecified atom stereocenters. The summed E-state index contributed by atoms with van der Waals surface area (Å²) in [5.74, 6) is -0.432. The van der Waals surface area contributed by atoms with Crippen molar-refractivity contribution >= 4 is 58.0 Å². The highest BCUT2D eigenvalue weighted by molar-refractivity contribution is 7.81. The Morgan fingerprint density at radius 2 is 2.12 bits per heavy atom. The number of carbonyl (C=O) groups is 3. The molecule has 0 spiro atoms. The lowest BCUT2D eigenvalue weighted by Crippen LogP contribution is -2.42. The Balaban J connectivity index is 1.39. The van der Waals surface area contributed by atoms with Crippen molar-refractivity contribution < 1.29 is 23.9 Å². The zero-order chi connectivity index (χ0) is 22.8. The minimum atomic E-state index is -0.504. The second-order valence-electron chi connectivity index (χ2n) is 7.67. The number of allylic oxidation sites excluding steroid dienone is 3. The van der Waals surface area contributed by atoms with Gasteiger partial charge in [-0.05, 0) is 36.8 Å². The molecule has 1 atom stereocenters. The fraction of sp³-hybridized carbons (Fsp3) is 0.364. The Morgan fingerprint density at radius 3 is 2.88 bits per heavy atom. The predicted octanol–water partition coefficient (Wildman–Crippen LogP) is 2.62. The molecule has 1 aromatic rings. The molecule has 0 radical (unpaired) electrons. The molecule has 3 amide bonds. The van der Waals surface area contributed by atoms with Gasteiger partial charge in [0, 0.05) is 34.2 Å². The summed E-state index contributed by atoms with van der Waals surface area (Å²) in [5.41, 5.74) is 2.68. The van der Waals surface area contributed by atoms with E-state index in [1.807, 2.05) is 19.1 Å². The molecule has 2 heterocycles. The fourth-order valence-corrected chi connectivity index (χ4v) is 4.21. The number of hydrogen-bond acceptors (Lipinski definition) is 6. The van der Waals surface area contributed by atoms with Crippen LogP contribution in [0.5, 0.6) is 0 Å². The molecule has 2 aliphatic heterocycles. The normalized spacial score (nSPS) is 21.3. The van der Waals surface area contributed by atoms with Gasteiger partial charge in [0.05, 0.1) is 25.3 Å². The molecule has 10 heteroatoms. The van der Waals surface area contributed by atoms with Crippen LogP contribution in [-0.2, 0) is 19.1 Å². The van der Waals surface area contributed by atoms with Crippen LogP contribution >= 0.6 is 23.8 Å². The summed E-state index contributed by atoms with van der Waals surface area (Å²) < 4.78 is 10.6. The zero-order valence-corrected chi connectivity index (χ0v) is 19.0.